The monoisotopic (exact) mass is 500 g/mol. The average molecular weight is 501 g/mol. The maximum Gasteiger partial charge on any atom is 0.312 e. The third-order valence-electron chi connectivity index (χ3n) is 13.7. The second kappa shape index (κ2) is 8.31. The summed E-state index contributed by atoms with van der Waals surface area (Å²) in [6, 6.07) is 0. The van der Waals surface area contributed by atoms with Crippen LogP contribution >= 0.6 is 0 Å². The third kappa shape index (κ3) is 3.09. The Hall–Kier alpha value is -0.870. The summed E-state index contributed by atoms with van der Waals surface area (Å²) in [6.07, 6.45) is 10.4. The fourth-order valence-electron chi connectivity index (χ4n) is 11.6. The van der Waals surface area contributed by atoms with Crippen LogP contribution in [0.2, 0.25) is 0 Å². The van der Waals surface area contributed by atoms with Crippen LogP contribution in [0.1, 0.15) is 99.8 Å². The predicted molar refractivity (Wildman–Crippen MR) is 143 cm³/mol. The highest BCUT2D eigenvalue weighted by Gasteiger charge is 2.70. The molecule has 0 aromatic rings. The number of aliphatic hydroxyl groups excluding tert-OH is 1. The zero-order valence-corrected chi connectivity index (χ0v) is 24.4. The summed E-state index contributed by atoms with van der Waals surface area (Å²) >= 11 is 0. The number of hydrogen-bond acceptors (Lipinski definition) is 4. The van der Waals surface area contributed by atoms with E-state index in [0.717, 1.165) is 38.5 Å². The van der Waals surface area contributed by atoms with Crippen molar-refractivity contribution in [3.63, 3.8) is 0 Å². The van der Waals surface area contributed by atoms with Gasteiger partial charge in [-0.1, -0.05) is 60.1 Å². The summed E-state index contributed by atoms with van der Waals surface area (Å²) in [4.78, 5) is 13.4. The first-order valence-electron chi connectivity index (χ1n) is 14.7. The molecule has 0 saturated heterocycles. The Balaban J connectivity index is 1.61. The van der Waals surface area contributed by atoms with Crippen LogP contribution in [0, 0.1) is 56.7 Å². The van der Waals surface area contributed by atoms with Gasteiger partial charge in [-0.05, 0) is 103 Å². The zero-order chi connectivity index (χ0) is 26.5. The number of carbonyl (C=O) groups is 1. The quantitative estimate of drug-likeness (QED) is 0.334. The van der Waals surface area contributed by atoms with Gasteiger partial charge in [-0.3, -0.25) is 4.79 Å². The Morgan fingerprint density at radius 1 is 0.972 bits per heavy atom. The summed E-state index contributed by atoms with van der Waals surface area (Å²) in [5, 5.41) is 11.3. The molecule has 5 aliphatic carbocycles. The van der Waals surface area contributed by atoms with Gasteiger partial charge >= 0.3 is 5.97 Å². The number of aliphatic hydroxyl groups is 1. The highest BCUT2D eigenvalue weighted by Crippen LogP contribution is 2.75. The average Bonchev–Trinajstić information content (AvgIpc) is 2.80. The molecule has 11 atom stereocenters. The Bertz CT molecular complexity index is 938. The van der Waals surface area contributed by atoms with Crippen molar-refractivity contribution in [1.82, 2.24) is 0 Å². The molecule has 5 aliphatic rings. The van der Waals surface area contributed by atoms with Gasteiger partial charge in [0.1, 0.15) is 0 Å². The van der Waals surface area contributed by atoms with Crippen LogP contribution < -0.4 is 0 Å². The molecule has 4 fully saturated rings. The van der Waals surface area contributed by atoms with E-state index in [-0.39, 0.29) is 45.1 Å². The number of hydrogen-bond donors (Lipinski definition) is 1. The van der Waals surface area contributed by atoms with E-state index in [1.54, 1.807) is 19.8 Å². The highest BCUT2D eigenvalue weighted by molar-refractivity contribution is 5.78. The maximum atomic E-state index is 13.4. The van der Waals surface area contributed by atoms with Crippen LogP contribution in [-0.2, 0) is 14.3 Å². The molecule has 0 unspecified atom stereocenters. The van der Waals surface area contributed by atoms with Gasteiger partial charge in [0, 0.05) is 7.11 Å². The molecule has 36 heavy (non-hydrogen) atoms. The number of rotatable bonds is 2. The second-order valence-electron chi connectivity index (χ2n) is 15.0. The Morgan fingerprint density at radius 2 is 1.67 bits per heavy atom. The van der Waals surface area contributed by atoms with E-state index >= 15 is 0 Å². The first-order chi connectivity index (χ1) is 16.7. The molecule has 0 aliphatic heterocycles. The Labute approximate surface area is 220 Å². The number of carbonyl (C=O) groups excluding carboxylic acids is 1. The molecule has 1 N–H and O–H groups in total. The standard InChI is InChI=1S/C32H52O4/c1-19-12-15-32(27(34)36-9)17-16-30(6)21(25(32)20(19)2)10-11-24-29(5)18-22(33)26(35-8)28(3,4)23(29)13-14-31(24,30)7/h10,19-20,22-26,33H,11-18H2,1-9H3/t19-,20+,22-,23+,24-,25+,26+,29+,30-,31-,32+/m1/s1. The molecule has 4 heteroatoms. The Morgan fingerprint density at radius 3 is 2.31 bits per heavy atom. The van der Waals surface area contributed by atoms with E-state index in [2.05, 4.69) is 54.5 Å². The van der Waals surface area contributed by atoms with Crippen molar-refractivity contribution in [3.05, 3.63) is 11.6 Å². The van der Waals surface area contributed by atoms with Gasteiger partial charge in [0.2, 0.25) is 0 Å². The molecule has 0 bridgehead atoms. The van der Waals surface area contributed by atoms with Crippen LogP contribution in [0.25, 0.3) is 0 Å². The minimum absolute atomic E-state index is 0.0277. The minimum atomic E-state index is -0.427. The summed E-state index contributed by atoms with van der Waals surface area (Å²) in [7, 11) is 3.35. The third-order valence-corrected chi connectivity index (χ3v) is 13.7. The van der Waals surface area contributed by atoms with Gasteiger partial charge < -0.3 is 14.6 Å². The molecule has 4 saturated carbocycles. The lowest BCUT2D eigenvalue weighted by molar-refractivity contribution is -0.237. The van der Waals surface area contributed by atoms with E-state index in [1.807, 2.05) is 0 Å². The van der Waals surface area contributed by atoms with Gasteiger partial charge in [0.15, 0.2) is 0 Å². The first kappa shape index (κ1) is 26.7. The van der Waals surface area contributed by atoms with Crippen molar-refractivity contribution in [2.45, 2.75) is 112 Å². The fraction of sp³-hybridized carbons (Fsp3) is 0.906. The zero-order valence-electron chi connectivity index (χ0n) is 24.4. The van der Waals surface area contributed by atoms with E-state index in [4.69, 9.17) is 9.47 Å². The van der Waals surface area contributed by atoms with Crippen molar-refractivity contribution < 1.29 is 19.4 Å². The number of allylic oxidation sites excluding steroid dienone is 2. The van der Waals surface area contributed by atoms with Crippen LogP contribution in [0.4, 0.5) is 0 Å². The normalized spacial score (nSPS) is 53.7. The summed E-state index contributed by atoms with van der Waals surface area (Å²) in [5.74, 6) is 2.46. The summed E-state index contributed by atoms with van der Waals surface area (Å²) in [6.45, 7) is 17.1. The van der Waals surface area contributed by atoms with Crippen LogP contribution in [-0.4, -0.2) is 37.5 Å². The molecule has 0 aromatic heterocycles. The summed E-state index contributed by atoms with van der Waals surface area (Å²) in [5.41, 5.74) is 1.45. The van der Waals surface area contributed by atoms with Crippen molar-refractivity contribution in [2.75, 3.05) is 14.2 Å². The molecule has 0 aromatic carbocycles. The number of esters is 1. The van der Waals surface area contributed by atoms with Gasteiger partial charge in [-0.25, -0.2) is 0 Å². The second-order valence-corrected chi connectivity index (χ2v) is 15.0. The molecule has 0 spiro atoms. The fourth-order valence-corrected chi connectivity index (χ4v) is 11.6. The van der Waals surface area contributed by atoms with Crippen molar-refractivity contribution in [3.8, 4) is 0 Å². The van der Waals surface area contributed by atoms with Crippen LogP contribution in [0.5, 0.6) is 0 Å². The molecule has 5 rings (SSSR count). The Kier molecular flexibility index (Phi) is 6.17. The van der Waals surface area contributed by atoms with Crippen molar-refractivity contribution >= 4 is 5.97 Å². The molecule has 4 nitrogen and oxygen atoms in total. The van der Waals surface area contributed by atoms with E-state index < -0.39 is 6.10 Å². The van der Waals surface area contributed by atoms with E-state index in [9.17, 15) is 9.90 Å². The lowest BCUT2D eigenvalue weighted by Gasteiger charge is -2.71. The number of ether oxygens (including phenoxy) is 2. The van der Waals surface area contributed by atoms with Crippen molar-refractivity contribution in [1.29, 1.82) is 0 Å². The lowest BCUT2D eigenvalue weighted by atomic mass is 9.33. The van der Waals surface area contributed by atoms with Gasteiger partial charge in [0.25, 0.3) is 0 Å². The SMILES string of the molecule is COC(=O)[C@]12CC[C@@H](C)[C@H](C)[C@H]1C1=CC[C@@H]3[C@@]4(C)C[C@@H](O)[C@H](OC)C(C)(C)[C@@H]4CC[C@@]3(C)[C@]1(C)CC2. The molecular weight excluding hydrogens is 448 g/mol. The number of methoxy groups -OCH3 is 2. The topological polar surface area (TPSA) is 55.8 Å². The smallest absolute Gasteiger partial charge is 0.312 e. The van der Waals surface area contributed by atoms with Crippen molar-refractivity contribution in [2.24, 2.45) is 56.7 Å². The molecule has 0 heterocycles. The van der Waals surface area contributed by atoms with E-state index in [0.29, 0.717) is 23.7 Å². The molecule has 0 amide bonds. The number of fused-ring (bicyclic) bond motifs is 7. The van der Waals surface area contributed by atoms with Gasteiger partial charge in [0.05, 0.1) is 24.7 Å². The molecular formula is C32H52O4. The van der Waals surface area contributed by atoms with E-state index in [1.165, 1.54) is 12.8 Å². The maximum absolute atomic E-state index is 13.4. The highest BCUT2D eigenvalue weighted by atomic mass is 16.5. The molecule has 204 valence electrons. The first-order valence-corrected chi connectivity index (χ1v) is 14.7. The lowest BCUT2D eigenvalue weighted by Crippen LogP contribution is -2.67. The largest absolute Gasteiger partial charge is 0.469 e. The van der Waals surface area contributed by atoms with Crippen LogP contribution in [0.15, 0.2) is 11.6 Å². The predicted octanol–water partition coefficient (Wildman–Crippen LogP) is 6.80. The summed E-state index contributed by atoms with van der Waals surface area (Å²) < 4.78 is 11.4. The molecule has 0 radical (unpaired) electrons. The minimum Gasteiger partial charge on any atom is -0.469 e. The van der Waals surface area contributed by atoms with Gasteiger partial charge in [-0.2, -0.15) is 0 Å². The van der Waals surface area contributed by atoms with Gasteiger partial charge in [-0.15, -0.1) is 0 Å². The van der Waals surface area contributed by atoms with Crippen LogP contribution in [0.3, 0.4) is 0 Å².